The average molecular weight is 273 g/mol. The highest BCUT2D eigenvalue weighted by atomic mass is 19.1. The van der Waals surface area contributed by atoms with Crippen LogP contribution in [0.1, 0.15) is 24.1 Å². The molecule has 4 nitrogen and oxygen atoms in total. The molecule has 1 aliphatic carbocycles. The molecule has 1 fully saturated rings. The molecule has 2 amide bonds. The van der Waals surface area contributed by atoms with Gasteiger partial charge in [-0.1, -0.05) is 18.2 Å². The fraction of sp³-hybridized carbons (Fsp3) is 0.267. The van der Waals surface area contributed by atoms with Crippen LogP contribution in [0.3, 0.4) is 0 Å². The molecule has 1 saturated carbocycles. The molecule has 1 aliphatic rings. The summed E-state index contributed by atoms with van der Waals surface area (Å²) in [5.74, 6) is -0.269. The molecule has 1 aromatic heterocycles. The van der Waals surface area contributed by atoms with Crippen LogP contribution < -0.4 is 10.6 Å². The molecule has 0 aliphatic heterocycles. The van der Waals surface area contributed by atoms with Crippen molar-refractivity contribution in [2.24, 2.45) is 0 Å². The molecule has 0 radical (unpaired) electrons. The Kier molecular flexibility index (Phi) is 3.18. The van der Waals surface area contributed by atoms with E-state index in [2.05, 4.69) is 15.6 Å². The fourth-order valence-corrected chi connectivity index (χ4v) is 2.35. The number of hydrogen-bond donors (Lipinski definition) is 3. The van der Waals surface area contributed by atoms with Crippen LogP contribution in [0.15, 0.2) is 42.6 Å². The van der Waals surface area contributed by atoms with Gasteiger partial charge in [0.2, 0.25) is 0 Å². The van der Waals surface area contributed by atoms with Gasteiger partial charge in [-0.15, -0.1) is 0 Å². The van der Waals surface area contributed by atoms with Crippen LogP contribution in [-0.4, -0.2) is 11.0 Å². The third-order valence-corrected chi connectivity index (χ3v) is 3.59. The number of hydrogen-bond acceptors (Lipinski definition) is 1. The Balaban J connectivity index is 1.62. The predicted octanol–water partition coefficient (Wildman–Crippen LogP) is 2.64. The number of benzene rings is 1. The van der Waals surface area contributed by atoms with E-state index in [4.69, 9.17) is 0 Å². The van der Waals surface area contributed by atoms with Gasteiger partial charge in [-0.25, -0.2) is 9.18 Å². The van der Waals surface area contributed by atoms with Crippen LogP contribution in [0.25, 0.3) is 0 Å². The van der Waals surface area contributed by atoms with Crippen LogP contribution in [-0.2, 0) is 12.1 Å². The normalized spacial score (nSPS) is 15.7. The summed E-state index contributed by atoms with van der Waals surface area (Å²) in [5, 5.41) is 5.65. The summed E-state index contributed by atoms with van der Waals surface area (Å²) in [6.45, 7) is 0.423. The van der Waals surface area contributed by atoms with E-state index in [9.17, 15) is 9.18 Å². The molecule has 0 bridgehead atoms. The second kappa shape index (κ2) is 5.00. The molecule has 1 heterocycles. The number of aromatic amines is 1. The van der Waals surface area contributed by atoms with E-state index < -0.39 is 5.54 Å². The molecule has 0 saturated heterocycles. The Morgan fingerprint density at radius 3 is 2.70 bits per heavy atom. The lowest BCUT2D eigenvalue weighted by Crippen LogP contribution is -2.42. The first-order chi connectivity index (χ1) is 9.70. The molecule has 1 aromatic carbocycles. The highest BCUT2D eigenvalue weighted by Crippen LogP contribution is 2.46. The fourth-order valence-electron chi connectivity index (χ4n) is 2.35. The van der Waals surface area contributed by atoms with Crippen molar-refractivity contribution >= 4 is 6.03 Å². The summed E-state index contributed by atoms with van der Waals surface area (Å²) in [6, 6.07) is 10.1. The minimum Gasteiger partial charge on any atom is -0.364 e. The first kappa shape index (κ1) is 12.7. The third kappa shape index (κ3) is 2.52. The smallest absolute Gasteiger partial charge is 0.315 e. The van der Waals surface area contributed by atoms with Gasteiger partial charge in [-0.05, 0) is 31.0 Å². The molecular formula is C15H16FN3O. The molecular weight excluding hydrogens is 257 g/mol. The van der Waals surface area contributed by atoms with E-state index in [1.165, 1.54) is 6.07 Å². The van der Waals surface area contributed by atoms with E-state index in [0.717, 1.165) is 18.5 Å². The van der Waals surface area contributed by atoms with Crippen molar-refractivity contribution in [3.05, 3.63) is 59.7 Å². The van der Waals surface area contributed by atoms with Crippen molar-refractivity contribution in [1.29, 1.82) is 0 Å². The minimum atomic E-state index is -0.537. The Labute approximate surface area is 116 Å². The summed E-state index contributed by atoms with van der Waals surface area (Å²) in [4.78, 5) is 14.9. The summed E-state index contributed by atoms with van der Waals surface area (Å²) >= 11 is 0. The van der Waals surface area contributed by atoms with Crippen LogP contribution in [0.2, 0.25) is 0 Å². The van der Waals surface area contributed by atoms with Gasteiger partial charge < -0.3 is 15.6 Å². The summed E-state index contributed by atoms with van der Waals surface area (Å²) in [6.07, 6.45) is 3.34. The standard InChI is InChI=1S/C15H16FN3O/c16-13-6-2-1-5-12(13)15(7-8-15)19-14(20)18-10-11-4-3-9-17-11/h1-6,9,17H,7-8,10H2,(H2,18,19,20). The highest BCUT2D eigenvalue weighted by Gasteiger charge is 2.47. The Bertz CT molecular complexity index is 605. The number of carbonyl (C=O) groups excluding carboxylic acids is 1. The maximum absolute atomic E-state index is 13.8. The van der Waals surface area contributed by atoms with Gasteiger partial charge in [0.1, 0.15) is 5.82 Å². The van der Waals surface area contributed by atoms with E-state index in [-0.39, 0.29) is 11.8 Å². The Hall–Kier alpha value is -2.30. The monoisotopic (exact) mass is 273 g/mol. The highest BCUT2D eigenvalue weighted by molar-refractivity contribution is 5.75. The number of carbonyl (C=O) groups is 1. The van der Waals surface area contributed by atoms with Gasteiger partial charge in [0.05, 0.1) is 12.1 Å². The lowest BCUT2D eigenvalue weighted by atomic mass is 10.0. The zero-order valence-corrected chi connectivity index (χ0v) is 10.9. The SMILES string of the molecule is O=C(NCc1ccc[nH]1)NC1(c2ccccc2F)CC1. The van der Waals surface area contributed by atoms with Gasteiger partial charge in [0.25, 0.3) is 0 Å². The van der Waals surface area contributed by atoms with Crippen molar-refractivity contribution < 1.29 is 9.18 Å². The Morgan fingerprint density at radius 2 is 2.05 bits per heavy atom. The average Bonchev–Trinajstić information content (AvgIpc) is 3.02. The van der Waals surface area contributed by atoms with E-state index >= 15 is 0 Å². The topological polar surface area (TPSA) is 56.9 Å². The predicted molar refractivity (Wildman–Crippen MR) is 73.5 cm³/mol. The first-order valence-electron chi connectivity index (χ1n) is 6.63. The molecule has 0 atom stereocenters. The van der Waals surface area contributed by atoms with Crippen LogP contribution in [0.4, 0.5) is 9.18 Å². The largest absolute Gasteiger partial charge is 0.364 e. The zero-order valence-electron chi connectivity index (χ0n) is 10.9. The van der Waals surface area contributed by atoms with Crippen molar-refractivity contribution in [2.45, 2.75) is 24.9 Å². The molecule has 3 rings (SSSR count). The number of rotatable bonds is 4. The van der Waals surface area contributed by atoms with Crippen molar-refractivity contribution in [1.82, 2.24) is 15.6 Å². The number of nitrogens with one attached hydrogen (secondary N) is 3. The van der Waals surface area contributed by atoms with Crippen LogP contribution >= 0.6 is 0 Å². The van der Waals surface area contributed by atoms with Gasteiger partial charge in [0, 0.05) is 17.5 Å². The quantitative estimate of drug-likeness (QED) is 0.788. The molecule has 2 aromatic rings. The van der Waals surface area contributed by atoms with E-state index in [1.807, 2.05) is 12.1 Å². The number of amides is 2. The van der Waals surface area contributed by atoms with Crippen molar-refractivity contribution in [3.63, 3.8) is 0 Å². The second-order valence-electron chi connectivity index (χ2n) is 5.06. The molecule has 0 spiro atoms. The number of halogens is 1. The minimum absolute atomic E-state index is 0.269. The second-order valence-corrected chi connectivity index (χ2v) is 5.06. The molecule has 3 N–H and O–H groups in total. The summed E-state index contributed by atoms with van der Waals surface area (Å²) in [5.41, 5.74) is 0.955. The molecule has 5 heteroatoms. The maximum atomic E-state index is 13.8. The molecule has 20 heavy (non-hydrogen) atoms. The third-order valence-electron chi connectivity index (χ3n) is 3.59. The van der Waals surface area contributed by atoms with Gasteiger partial charge in [-0.3, -0.25) is 0 Å². The van der Waals surface area contributed by atoms with E-state index in [1.54, 1.807) is 24.4 Å². The summed E-state index contributed by atoms with van der Waals surface area (Å²) < 4.78 is 13.8. The van der Waals surface area contributed by atoms with Gasteiger partial charge in [-0.2, -0.15) is 0 Å². The Morgan fingerprint density at radius 1 is 1.25 bits per heavy atom. The summed E-state index contributed by atoms with van der Waals surface area (Å²) in [7, 11) is 0. The first-order valence-corrected chi connectivity index (χ1v) is 6.63. The number of H-pyrrole nitrogens is 1. The molecule has 0 unspecified atom stereocenters. The van der Waals surface area contributed by atoms with Crippen LogP contribution in [0.5, 0.6) is 0 Å². The van der Waals surface area contributed by atoms with Crippen molar-refractivity contribution in [2.75, 3.05) is 0 Å². The van der Waals surface area contributed by atoms with E-state index in [0.29, 0.717) is 12.1 Å². The van der Waals surface area contributed by atoms with Gasteiger partial charge >= 0.3 is 6.03 Å². The lowest BCUT2D eigenvalue weighted by molar-refractivity contribution is 0.235. The van der Waals surface area contributed by atoms with Crippen molar-refractivity contribution in [3.8, 4) is 0 Å². The number of aromatic nitrogens is 1. The zero-order chi connectivity index (χ0) is 14.0. The van der Waals surface area contributed by atoms with Crippen LogP contribution in [0, 0.1) is 5.82 Å². The maximum Gasteiger partial charge on any atom is 0.315 e. The van der Waals surface area contributed by atoms with Gasteiger partial charge in [0.15, 0.2) is 0 Å². The lowest BCUT2D eigenvalue weighted by Gasteiger charge is -2.19. The number of urea groups is 1. The molecule has 104 valence electrons.